The zero-order chi connectivity index (χ0) is 16.2. The van der Waals surface area contributed by atoms with Crippen LogP contribution in [0.25, 0.3) is 11.0 Å². The fourth-order valence-corrected chi connectivity index (χ4v) is 2.60. The van der Waals surface area contributed by atoms with Gasteiger partial charge in [-0.15, -0.1) is 0 Å². The number of hydrogen-bond acceptors (Lipinski definition) is 4. The van der Waals surface area contributed by atoms with Gasteiger partial charge in [-0.3, -0.25) is 10.1 Å². The summed E-state index contributed by atoms with van der Waals surface area (Å²) >= 11 is 0. The highest BCUT2D eigenvalue weighted by molar-refractivity contribution is 5.75. The third-order valence-corrected chi connectivity index (χ3v) is 3.86. The second-order valence-electron chi connectivity index (χ2n) is 5.41. The molecule has 0 radical (unpaired) electrons. The standard InChI is InChI=1S/C17H18N4O2/c1-20-16-6-3-2-5-15(16)19-17(20)7-4-12-18-13-8-10-14(11-9-13)21(22)23/h2-3,5-6,8-11,18H,4,7,12H2,1H3. The highest BCUT2D eigenvalue weighted by Gasteiger charge is 2.07. The summed E-state index contributed by atoms with van der Waals surface area (Å²) < 4.78 is 2.13. The van der Waals surface area contributed by atoms with Gasteiger partial charge in [0.25, 0.3) is 5.69 Å². The normalized spacial score (nSPS) is 10.8. The predicted molar refractivity (Wildman–Crippen MR) is 90.6 cm³/mol. The van der Waals surface area contributed by atoms with Gasteiger partial charge in [0.2, 0.25) is 0 Å². The number of anilines is 1. The van der Waals surface area contributed by atoms with E-state index in [0.29, 0.717) is 0 Å². The first-order chi connectivity index (χ1) is 11.1. The Kier molecular flexibility index (Phi) is 4.23. The van der Waals surface area contributed by atoms with E-state index < -0.39 is 4.92 Å². The van der Waals surface area contributed by atoms with E-state index in [-0.39, 0.29) is 5.69 Å². The molecule has 0 aliphatic heterocycles. The van der Waals surface area contributed by atoms with Gasteiger partial charge in [-0.25, -0.2) is 4.98 Å². The molecule has 118 valence electrons. The van der Waals surface area contributed by atoms with Crippen molar-refractivity contribution >= 4 is 22.4 Å². The van der Waals surface area contributed by atoms with E-state index in [1.807, 2.05) is 25.2 Å². The lowest BCUT2D eigenvalue weighted by molar-refractivity contribution is -0.384. The number of aromatic nitrogens is 2. The minimum absolute atomic E-state index is 0.107. The zero-order valence-electron chi connectivity index (χ0n) is 12.9. The summed E-state index contributed by atoms with van der Waals surface area (Å²) in [6, 6.07) is 14.6. The van der Waals surface area contributed by atoms with Crippen molar-refractivity contribution in [3.05, 3.63) is 64.5 Å². The Hall–Kier alpha value is -2.89. The lowest BCUT2D eigenvalue weighted by Gasteiger charge is -2.06. The molecule has 0 saturated carbocycles. The minimum atomic E-state index is -0.393. The van der Waals surface area contributed by atoms with Crippen molar-refractivity contribution in [3.8, 4) is 0 Å². The Bertz CT molecular complexity index is 824. The van der Waals surface area contributed by atoms with Crippen LogP contribution in [0.2, 0.25) is 0 Å². The van der Waals surface area contributed by atoms with Gasteiger partial charge in [0, 0.05) is 37.8 Å². The first-order valence-electron chi connectivity index (χ1n) is 7.54. The number of aryl methyl sites for hydroxylation is 2. The average Bonchev–Trinajstić information content (AvgIpc) is 2.89. The highest BCUT2D eigenvalue weighted by Crippen LogP contribution is 2.17. The molecule has 1 N–H and O–H groups in total. The monoisotopic (exact) mass is 310 g/mol. The molecule has 0 unspecified atom stereocenters. The molecule has 3 rings (SSSR count). The SMILES string of the molecule is Cn1c(CCCNc2ccc([N+](=O)[O-])cc2)nc2ccccc21. The molecule has 0 spiro atoms. The van der Waals surface area contributed by atoms with Gasteiger partial charge in [0.1, 0.15) is 5.82 Å². The summed E-state index contributed by atoms with van der Waals surface area (Å²) in [4.78, 5) is 14.9. The lowest BCUT2D eigenvalue weighted by atomic mass is 10.2. The van der Waals surface area contributed by atoms with Gasteiger partial charge in [-0.05, 0) is 30.7 Å². The number of nitrogens with one attached hydrogen (secondary N) is 1. The smallest absolute Gasteiger partial charge is 0.269 e. The van der Waals surface area contributed by atoms with Crippen molar-refractivity contribution in [1.29, 1.82) is 0 Å². The van der Waals surface area contributed by atoms with Crippen LogP contribution >= 0.6 is 0 Å². The van der Waals surface area contributed by atoms with Gasteiger partial charge >= 0.3 is 0 Å². The second-order valence-corrected chi connectivity index (χ2v) is 5.41. The van der Waals surface area contributed by atoms with Gasteiger partial charge in [-0.1, -0.05) is 12.1 Å². The van der Waals surface area contributed by atoms with Crippen LogP contribution in [0.4, 0.5) is 11.4 Å². The van der Waals surface area contributed by atoms with Crippen molar-refractivity contribution in [3.63, 3.8) is 0 Å². The van der Waals surface area contributed by atoms with Crippen LogP contribution in [0.1, 0.15) is 12.2 Å². The minimum Gasteiger partial charge on any atom is -0.385 e. The molecule has 23 heavy (non-hydrogen) atoms. The lowest BCUT2D eigenvalue weighted by Crippen LogP contribution is -2.05. The van der Waals surface area contributed by atoms with Crippen molar-refractivity contribution in [2.24, 2.45) is 7.05 Å². The van der Waals surface area contributed by atoms with E-state index in [4.69, 9.17) is 0 Å². The van der Waals surface area contributed by atoms with Gasteiger partial charge in [-0.2, -0.15) is 0 Å². The molecule has 3 aromatic rings. The molecule has 0 atom stereocenters. The Morgan fingerprint density at radius 1 is 1.17 bits per heavy atom. The molecule has 2 aromatic carbocycles. The van der Waals surface area contributed by atoms with E-state index in [1.54, 1.807) is 12.1 Å². The molecular formula is C17H18N4O2. The molecule has 1 heterocycles. The summed E-state index contributed by atoms with van der Waals surface area (Å²) in [7, 11) is 2.04. The van der Waals surface area contributed by atoms with Crippen molar-refractivity contribution in [2.45, 2.75) is 12.8 Å². The Morgan fingerprint density at radius 2 is 1.91 bits per heavy atom. The maximum atomic E-state index is 10.6. The van der Waals surface area contributed by atoms with E-state index in [1.165, 1.54) is 12.1 Å². The fraction of sp³-hybridized carbons (Fsp3) is 0.235. The van der Waals surface area contributed by atoms with E-state index in [9.17, 15) is 10.1 Å². The number of fused-ring (bicyclic) bond motifs is 1. The maximum Gasteiger partial charge on any atom is 0.269 e. The van der Waals surface area contributed by atoms with Crippen molar-refractivity contribution in [2.75, 3.05) is 11.9 Å². The first kappa shape index (κ1) is 15.0. The summed E-state index contributed by atoms with van der Waals surface area (Å²) in [5.41, 5.74) is 3.16. The Labute approximate surface area is 133 Å². The van der Waals surface area contributed by atoms with Gasteiger partial charge in [0.05, 0.1) is 16.0 Å². The Morgan fingerprint density at radius 3 is 2.61 bits per heavy atom. The molecule has 1 aromatic heterocycles. The number of nitrogens with zero attached hydrogens (tertiary/aromatic N) is 3. The van der Waals surface area contributed by atoms with Gasteiger partial charge < -0.3 is 9.88 Å². The molecule has 0 saturated heterocycles. The number of non-ortho nitro benzene ring substituents is 1. The molecule has 6 heteroatoms. The average molecular weight is 310 g/mol. The van der Waals surface area contributed by atoms with Crippen molar-refractivity contribution in [1.82, 2.24) is 9.55 Å². The number of benzene rings is 2. The van der Waals surface area contributed by atoms with Crippen LogP contribution in [0.15, 0.2) is 48.5 Å². The molecule has 0 amide bonds. The molecular weight excluding hydrogens is 292 g/mol. The van der Waals surface area contributed by atoms with Crippen molar-refractivity contribution < 1.29 is 4.92 Å². The maximum absolute atomic E-state index is 10.6. The Balaban J connectivity index is 1.54. The number of nitro groups is 1. The topological polar surface area (TPSA) is 73.0 Å². The number of imidazole rings is 1. The van der Waals surface area contributed by atoms with Crippen LogP contribution in [-0.4, -0.2) is 21.0 Å². The number of para-hydroxylation sites is 2. The summed E-state index contributed by atoms with van der Waals surface area (Å²) in [5.74, 6) is 1.07. The molecule has 0 bridgehead atoms. The van der Waals surface area contributed by atoms with Crippen LogP contribution in [0.3, 0.4) is 0 Å². The van der Waals surface area contributed by atoms with Crippen LogP contribution in [0.5, 0.6) is 0 Å². The van der Waals surface area contributed by atoms with E-state index >= 15 is 0 Å². The van der Waals surface area contributed by atoms with E-state index in [2.05, 4.69) is 20.9 Å². The quantitative estimate of drug-likeness (QED) is 0.429. The van der Waals surface area contributed by atoms with Crippen LogP contribution < -0.4 is 5.32 Å². The van der Waals surface area contributed by atoms with E-state index in [0.717, 1.165) is 41.9 Å². The summed E-state index contributed by atoms with van der Waals surface area (Å²) in [6.07, 6.45) is 1.82. The fourth-order valence-electron chi connectivity index (χ4n) is 2.60. The molecule has 0 fully saturated rings. The predicted octanol–water partition coefficient (Wildman–Crippen LogP) is 3.53. The third kappa shape index (κ3) is 3.31. The number of rotatable bonds is 6. The second kappa shape index (κ2) is 6.48. The molecule has 0 aliphatic carbocycles. The zero-order valence-corrected chi connectivity index (χ0v) is 12.9. The number of hydrogen-bond donors (Lipinski definition) is 1. The van der Waals surface area contributed by atoms with Gasteiger partial charge in [0.15, 0.2) is 0 Å². The summed E-state index contributed by atoms with van der Waals surface area (Å²) in [5, 5.41) is 13.9. The third-order valence-electron chi connectivity index (χ3n) is 3.86. The largest absolute Gasteiger partial charge is 0.385 e. The first-order valence-corrected chi connectivity index (χ1v) is 7.54. The highest BCUT2D eigenvalue weighted by atomic mass is 16.6. The van der Waals surface area contributed by atoms with Crippen LogP contribution in [0, 0.1) is 10.1 Å². The van der Waals surface area contributed by atoms with Crippen LogP contribution in [-0.2, 0) is 13.5 Å². The molecule has 6 nitrogen and oxygen atoms in total. The molecule has 0 aliphatic rings. The summed E-state index contributed by atoms with van der Waals surface area (Å²) in [6.45, 7) is 0.793. The number of nitro benzene ring substituents is 1.